The molecule has 0 radical (unpaired) electrons. The summed E-state index contributed by atoms with van der Waals surface area (Å²) in [6, 6.07) is 0. The molecule has 0 N–H and O–H groups in total. The number of carbonyl (C=O) groups excluding carboxylic acids is 1. The van der Waals surface area contributed by atoms with Crippen LogP contribution in [0.4, 0.5) is 5.82 Å². The lowest BCUT2D eigenvalue weighted by molar-refractivity contribution is -0.129. The van der Waals surface area contributed by atoms with Gasteiger partial charge in [0.1, 0.15) is 11.6 Å². The zero-order valence-electron chi connectivity index (χ0n) is 13.6. The van der Waals surface area contributed by atoms with Gasteiger partial charge in [0.15, 0.2) is 5.82 Å². The van der Waals surface area contributed by atoms with Crippen LogP contribution in [0.15, 0.2) is 24.8 Å². The minimum atomic E-state index is 0.162. The van der Waals surface area contributed by atoms with Crippen LogP contribution in [-0.4, -0.2) is 56.5 Å². The number of rotatable bonds is 4. The van der Waals surface area contributed by atoms with Crippen LogP contribution >= 0.6 is 0 Å². The molecular weight excluding hydrogens is 292 g/mol. The summed E-state index contributed by atoms with van der Waals surface area (Å²) in [5.74, 6) is 2.48. The lowest BCUT2D eigenvalue weighted by Crippen LogP contribution is -2.37. The Morgan fingerprint density at radius 1 is 1.22 bits per heavy atom. The van der Waals surface area contributed by atoms with Crippen LogP contribution in [0, 0.1) is 6.92 Å². The summed E-state index contributed by atoms with van der Waals surface area (Å²) in [4.78, 5) is 29.5. The van der Waals surface area contributed by atoms with Gasteiger partial charge in [-0.15, -0.1) is 0 Å². The summed E-state index contributed by atoms with van der Waals surface area (Å²) in [5.41, 5.74) is 0. The highest BCUT2D eigenvalue weighted by Crippen LogP contribution is 2.16. The molecule has 1 saturated heterocycles. The molecule has 1 aliphatic rings. The first-order valence-electron chi connectivity index (χ1n) is 8.04. The molecule has 0 aliphatic carbocycles. The van der Waals surface area contributed by atoms with Crippen molar-refractivity contribution in [2.45, 2.75) is 26.7 Å². The van der Waals surface area contributed by atoms with Gasteiger partial charge in [0.05, 0.1) is 18.9 Å². The van der Waals surface area contributed by atoms with Gasteiger partial charge in [-0.25, -0.2) is 9.97 Å². The monoisotopic (exact) mass is 314 g/mol. The minimum absolute atomic E-state index is 0.162. The lowest BCUT2D eigenvalue weighted by atomic mass is 10.3. The molecule has 0 saturated carbocycles. The molecule has 0 atom stereocenters. The predicted molar refractivity (Wildman–Crippen MR) is 87.6 cm³/mol. The molecule has 3 heterocycles. The first-order chi connectivity index (χ1) is 11.2. The Hall–Kier alpha value is -2.44. The van der Waals surface area contributed by atoms with Gasteiger partial charge in [-0.2, -0.15) is 0 Å². The Morgan fingerprint density at radius 2 is 2.04 bits per heavy atom. The summed E-state index contributed by atoms with van der Waals surface area (Å²) in [7, 11) is 0. The molecule has 7 heteroatoms. The summed E-state index contributed by atoms with van der Waals surface area (Å²) >= 11 is 0. The van der Waals surface area contributed by atoms with Crippen molar-refractivity contribution in [1.29, 1.82) is 0 Å². The highest BCUT2D eigenvalue weighted by atomic mass is 16.2. The Kier molecular flexibility index (Phi) is 4.55. The Morgan fingerprint density at radius 3 is 2.78 bits per heavy atom. The Labute approximate surface area is 136 Å². The Balaban J connectivity index is 1.82. The van der Waals surface area contributed by atoms with Crippen molar-refractivity contribution in [2.75, 3.05) is 31.1 Å². The van der Waals surface area contributed by atoms with Crippen LogP contribution in [0.3, 0.4) is 0 Å². The normalized spacial score (nSPS) is 15.8. The van der Waals surface area contributed by atoms with Crippen molar-refractivity contribution in [3.63, 3.8) is 0 Å². The third-order valence-corrected chi connectivity index (χ3v) is 4.03. The average molecular weight is 314 g/mol. The molecule has 0 aromatic carbocycles. The van der Waals surface area contributed by atoms with Crippen LogP contribution < -0.4 is 4.90 Å². The van der Waals surface area contributed by atoms with E-state index in [0.29, 0.717) is 6.54 Å². The maximum Gasteiger partial charge on any atom is 0.242 e. The molecule has 1 fully saturated rings. The fraction of sp³-hybridized carbons (Fsp3) is 0.500. The van der Waals surface area contributed by atoms with Crippen LogP contribution in [0.25, 0.3) is 5.82 Å². The molecule has 1 aliphatic heterocycles. The second-order valence-electron chi connectivity index (χ2n) is 5.74. The van der Waals surface area contributed by atoms with Gasteiger partial charge in [0.25, 0.3) is 0 Å². The van der Waals surface area contributed by atoms with E-state index in [1.54, 1.807) is 18.6 Å². The van der Waals surface area contributed by atoms with Crippen LogP contribution in [0.2, 0.25) is 0 Å². The standard InChI is InChI=1S/C16H22N6O/c1-3-6-20-7-4-8-21(12-16(20)23)14-10-17-11-15(19-14)22-9-5-18-13(22)2/h5,9-11H,3-4,6-8,12H2,1-2H3. The van der Waals surface area contributed by atoms with E-state index in [1.807, 2.05) is 27.5 Å². The topological polar surface area (TPSA) is 67.2 Å². The van der Waals surface area contributed by atoms with Crippen molar-refractivity contribution in [2.24, 2.45) is 0 Å². The quantitative estimate of drug-likeness (QED) is 0.854. The van der Waals surface area contributed by atoms with Crippen molar-refractivity contribution in [1.82, 2.24) is 24.4 Å². The smallest absolute Gasteiger partial charge is 0.242 e. The second kappa shape index (κ2) is 6.76. The molecule has 2 aromatic rings. The number of hydrogen-bond donors (Lipinski definition) is 0. The zero-order valence-corrected chi connectivity index (χ0v) is 13.6. The van der Waals surface area contributed by atoms with E-state index in [4.69, 9.17) is 0 Å². The number of amides is 1. The van der Waals surface area contributed by atoms with Crippen molar-refractivity contribution < 1.29 is 4.79 Å². The van der Waals surface area contributed by atoms with E-state index >= 15 is 0 Å². The minimum Gasteiger partial charge on any atom is -0.346 e. The van der Waals surface area contributed by atoms with Crippen LogP contribution in [-0.2, 0) is 4.79 Å². The third-order valence-electron chi connectivity index (χ3n) is 4.03. The van der Waals surface area contributed by atoms with Crippen molar-refractivity contribution in [3.8, 4) is 5.82 Å². The summed E-state index contributed by atoms with van der Waals surface area (Å²) in [6.45, 7) is 6.84. The Bertz CT molecular complexity index is 683. The molecule has 0 unspecified atom stereocenters. The van der Waals surface area contributed by atoms with Gasteiger partial charge in [-0.1, -0.05) is 6.92 Å². The molecule has 0 bridgehead atoms. The molecule has 3 rings (SSSR count). The first-order valence-corrected chi connectivity index (χ1v) is 8.04. The van der Waals surface area contributed by atoms with E-state index < -0.39 is 0 Å². The van der Waals surface area contributed by atoms with E-state index in [2.05, 4.69) is 21.9 Å². The fourth-order valence-electron chi connectivity index (χ4n) is 2.86. The molecule has 23 heavy (non-hydrogen) atoms. The van der Waals surface area contributed by atoms with Gasteiger partial charge in [0, 0.05) is 32.0 Å². The summed E-state index contributed by atoms with van der Waals surface area (Å²) in [6.07, 6.45) is 8.96. The number of aryl methyl sites for hydroxylation is 1. The molecule has 0 spiro atoms. The van der Waals surface area contributed by atoms with E-state index in [9.17, 15) is 4.79 Å². The molecule has 2 aromatic heterocycles. The van der Waals surface area contributed by atoms with E-state index in [-0.39, 0.29) is 5.91 Å². The van der Waals surface area contributed by atoms with Gasteiger partial charge < -0.3 is 9.80 Å². The lowest BCUT2D eigenvalue weighted by Gasteiger charge is -2.22. The van der Waals surface area contributed by atoms with Gasteiger partial charge >= 0.3 is 0 Å². The van der Waals surface area contributed by atoms with E-state index in [0.717, 1.165) is 49.9 Å². The molecular formula is C16H22N6O. The largest absolute Gasteiger partial charge is 0.346 e. The fourth-order valence-corrected chi connectivity index (χ4v) is 2.86. The summed E-state index contributed by atoms with van der Waals surface area (Å²) in [5, 5.41) is 0. The van der Waals surface area contributed by atoms with Gasteiger partial charge in [-0.3, -0.25) is 14.3 Å². The van der Waals surface area contributed by atoms with Crippen LogP contribution in [0.1, 0.15) is 25.6 Å². The van der Waals surface area contributed by atoms with Crippen molar-refractivity contribution >= 4 is 11.7 Å². The average Bonchev–Trinajstić information content (AvgIpc) is 2.90. The maximum absolute atomic E-state index is 12.4. The van der Waals surface area contributed by atoms with Gasteiger partial charge in [-0.05, 0) is 19.8 Å². The van der Waals surface area contributed by atoms with Crippen molar-refractivity contribution in [3.05, 3.63) is 30.6 Å². The molecule has 7 nitrogen and oxygen atoms in total. The molecule has 1 amide bonds. The van der Waals surface area contributed by atoms with E-state index in [1.165, 1.54) is 0 Å². The number of imidazole rings is 1. The second-order valence-corrected chi connectivity index (χ2v) is 5.74. The maximum atomic E-state index is 12.4. The highest BCUT2D eigenvalue weighted by Gasteiger charge is 2.22. The predicted octanol–water partition coefficient (Wildman–Crippen LogP) is 1.42. The number of anilines is 1. The highest BCUT2D eigenvalue weighted by molar-refractivity contribution is 5.81. The number of nitrogens with zero attached hydrogens (tertiary/aromatic N) is 6. The number of aromatic nitrogens is 4. The number of hydrogen-bond acceptors (Lipinski definition) is 5. The third kappa shape index (κ3) is 3.33. The first kappa shape index (κ1) is 15.5. The summed E-state index contributed by atoms with van der Waals surface area (Å²) < 4.78 is 1.89. The van der Waals surface area contributed by atoms with Crippen LogP contribution in [0.5, 0.6) is 0 Å². The number of carbonyl (C=O) groups is 1. The zero-order chi connectivity index (χ0) is 16.2. The SMILES string of the molecule is CCCN1CCCN(c2cncc(-n3ccnc3C)n2)CC1=O. The van der Waals surface area contributed by atoms with Gasteiger partial charge in [0.2, 0.25) is 5.91 Å². The molecule has 122 valence electrons.